The van der Waals surface area contributed by atoms with Crippen LogP contribution in [0.3, 0.4) is 0 Å². The second kappa shape index (κ2) is 7.91. The van der Waals surface area contributed by atoms with Crippen LogP contribution in [0.2, 0.25) is 0 Å². The molecule has 6 heteroatoms. The van der Waals surface area contributed by atoms with Gasteiger partial charge in [0, 0.05) is 29.9 Å². The molecule has 1 aliphatic rings. The average Bonchev–Trinajstić information content (AvgIpc) is 2.69. The third-order valence-electron chi connectivity index (χ3n) is 4.24. The van der Waals surface area contributed by atoms with E-state index in [4.69, 9.17) is 9.47 Å². The Labute approximate surface area is 152 Å². The number of benzene rings is 2. The fourth-order valence-corrected chi connectivity index (χ4v) is 2.78. The minimum atomic E-state index is -0.246. The molecule has 1 heterocycles. The summed E-state index contributed by atoms with van der Waals surface area (Å²) in [6.45, 7) is 6.21. The molecule has 1 aliphatic heterocycles. The molecule has 0 fully saturated rings. The number of nitrogens with zero attached hydrogens (tertiary/aromatic N) is 1. The molecule has 0 unspecified atom stereocenters. The molecule has 0 atom stereocenters. The lowest BCUT2D eigenvalue weighted by molar-refractivity contribution is 0.0773. The smallest absolute Gasteiger partial charge is 0.255 e. The molecule has 0 saturated carbocycles. The molecule has 2 aromatic rings. The molecule has 0 saturated heterocycles. The van der Waals surface area contributed by atoms with Gasteiger partial charge in [0.2, 0.25) is 0 Å². The van der Waals surface area contributed by atoms with E-state index < -0.39 is 0 Å². The fourth-order valence-electron chi connectivity index (χ4n) is 2.78. The van der Waals surface area contributed by atoms with Gasteiger partial charge < -0.3 is 19.7 Å². The summed E-state index contributed by atoms with van der Waals surface area (Å²) in [4.78, 5) is 26.5. The Morgan fingerprint density at radius 3 is 2.19 bits per heavy atom. The first kappa shape index (κ1) is 17.8. The number of carbonyl (C=O) groups is 2. The molecule has 136 valence electrons. The van der Waals surface area contributed by atoms with Crippen LogP contribution < -0.4 is 14.8 Å². The van der Waals surface area contributed by atoms with Crippen LogP contribution in [0.15, 0.2) is 42.5 Å². The first-order valence-electron chi connectivity index (χ1n) is 8.72. The quantitative estimate of drug-likeness (QED) is 0.895. The number of hydrogen-bond acceptors (Lipinski definition) is 4. The van der Waals surface area contributed by atoms with Gasteiger partial charge in [0.05, 0.1) is 0 Å². The van der Waals surface area contributed by atoms with Gasteiger partial charge in [0.1, 0.15) is 13.2 Å². The number of anilines is 1. The van der Waals surface area contributed by atoms with Gasteiger partial charge >= 0.3 is 0 Å². The maximum Gasteiger partial charge on any atom is 0.255 e. The minimum Gasteiger partial charge on any atom is -0.486 e. The van der Waals surface area contributed by atoms with E-state index in [1.165, 1.54) is 0 Å². The normalized spacial score (nSPS) is 12.4. The van der Waals surface area contributed by atoms with Gasteiger partial charge in [0.25, 0.3) is 11.8 Å². The van der Waals surface area contributed by atoms with Crippen LogP contribution in [0.4, 0.5) is 5.69 Å². The predicted molar refractivity (Wildman–Crippen MR) is 99.1 cm³/mol. The molecule has 26 heavy (non-hydrogen) atoms. The van der Waals surface area contributed by atoms with Crippen LogP contribution in [-0.4, -0.2) is 43.0 Å². The summed E-state index contributed by atoms with van der Waals surface area (Å²) in [5, 5.41) is 2.83. The van der Waals surface area contributed by atoms with Crippen molar-refractivity contribution in [1.82, 2.24) is 4.90 Å². The molecular formula is C20H22N2O4. The Kier molecular flexibility index (Phi) is 5.41. The summed E-state index contributed by atoms with van der Waals surface area (Å²) >= 11 is 0. The lowest BCUT2D eigenvalue weighted by Crippen LogP contribution is -2.30. The molecule has 0 aliphatic carbocycles. The van der Waals surface area contributed by atoms with E-state index in [0.717, 1.165) is 0 Å². The van der Waals surface area contributed by atoms with Crippen LogP contribution >= 0.6 is 0 Å². The number of fused-ring (bicyclic) bond motifs is 1. The third kappa shape index (κ3) is 3.79. The van der Waals surface area contributed by atoms with E-state index in [9.17, 15) is 9.59 Å². The van der Waals surface area contributed by atoms with E-state index in [0.29, 0.717) is 54.6 Å². The molecule has 3 rings (SSSR count). The largest absolute Gasteiger partial charge is 0.486 e. The van der Waals surface area contributed by atoms with Crippen molar-refractivity contribution < 1.29 is 19.1 Å². The Balaban J connectivity index is 1.69. The number of nitrogens with one attached hydrogen (secondary N) is 1. The van der Waals surface area contributed by atoms with E-state index in [1.54, 1.807) is 47.4 Å². The lowest BCUT2D eigenvalue weighted by Gasteiger charge is -2.19. The van der Waals surface area contributed by atoms with Gasteiger partial charge in [-0.3, -0.25) is 9.59 Å². The highest BCUT2D eigenvalue weighted by Crippen LogP contribution is 2.31. The minimum absolute atomic E-state index is 0.0142. The van der Waals surface area contributed by atoms with Gasteiger partial charge in [0.15, 0.2) is 11.5 Å². The molecule has 0 radical (unpaired) electrons. The summed E-state index contributed by atoms with van der Waals surface area (Å²) in [5.41, 5.74) is 1.71. The highest BCUT2D eigenvalue weighted by atomic mass is 16.6. The van der Waals surface area contributed by atoms with Crippen molar-refractivity contribution in [1.29, 1.82) is 0 Å². The molecule has 1 N–H and O–H groups in total. The van der Waals surface area contributed by atoms with Crippen molar-refractivity contribution >= 4 is 17.5 Å². The van der Waals surface area contributed by atoms with E-state index >= 15 is 0 Å². The lowest BCUT2D eigenvalue weighted by atomic mass is 10.1. The highest BCUT2D eigenvalue weighted by Gasteiger charge is 2.16. The Morgan fingerprint density at radius 1 is 0.923 bits per heavy atom. The van der Waals surface area contributed by atoms with Crippen molar-refractivity contribution in [2.24, 2.45) is 0 Å². The second-order valence-electron chi connectivity index (χ2n) is 5.87. The standard InChI is InChI=1S/C20H22N2O4/c1-3-22(4-2)20(24)14-5-8-16(9-6-14)21-19(23)15-7-10-17-18(13-15)26-12-11-25-17/h5-10,13H,3-4,11-12H2,1-2H3,(H,21,23). The zero-order chi connectivity index (χ0) is 18.5. The second-order valence-corrected chi connectivity index (χ2v) is 5.87. The highest BCUT2D eigenvalue weighted by molar-refractivity contribution is 6.05. The molecule has 0 bridgehead atoms. The van der Waals surface area contributed by atoms with Crippen molar-refractivity contribution in [3.63, 3.8) is 0 Å². The number of rotatable bonds is 5. The number of hydrogen-bond donors (Lipinski definition) is 1. The van der Waals surface area contributed by atoms with Gasteiger partial charge in [-0.15, -0.1) is 0 Å². The average molecular weight is 354 g/mol. The Morgan fingerprint density at radius 2 is 1.54 bits per heavy atom. The first-order valence-corrected chi connectivity index (χ1v) is 8.72. The van der Waals surface area contributed by atoms with Crippen LogP contribution in [0.25, 0.3) is 0 Å². The van der Waals surface area contributed by atoms with Gasteiger partial charge in [-0.25, -0.2) is 0 Å². The van der Waals surface area contributed by atoms with E-state index in [-0.39, 0.29) is 11.8 Å². The van der Waals surface area contributed by atoms with Gasteiger partial charge in [-0.2, -0.15) is 0 Å². The molecule has 6 nitrogen and oxygen atoms in total. The summed E-state index contributed by atoms with van der Waals surface area (Å²) < 4.78 is 11.0. The monoisotopic (exact) mass is 354 g/mol. The van der Waals surface area contributed by atoms with E-state index in [1.807, 2.05) is 13.8 Å². The van der Waals surface area contributed by atoms with Gasteiger partial charge in [-0.1, -0.05) is 0 Å². The summed E-state index contributed by atoms with van der Waals surface area (Å²) in [6, 6.07) is 12.0. The molecule has 0 spiro atoms. The molecule has 0 aromatic heterocycles. The van der Waals surface area contributed by atoms with Crippen molar-refractivity contribution in [3.05, 3.63) is 53.6 Å². The van der Waals surface area contributed by atoms with Crippen molar-refractivity contribution in [3.8, 4) is 11.5 Å². The van der Waals surface area contributed by atoms with Crippen molar-refractivity contribution in [2.75, 3.05) is 31.6 Å². The maximum absolute atomic E-state index is 12.4. The molecule has 2 amide bonds. The summed E-state index contributed by atoms with van der Waals surface area (Å²) in [5.74, 6) is 0.959. The SMILES string of the molecule is CCN(CC)C(=O)c1ccc(NC(=O)c2ccc3c(c2)OCCO3)cc1. The predicted octanol–water partition coefficient (Wildman–Crippen LogP) is 3.19. The van der Waals surface area contributed by atoms with Crippen LogP contribution in [0.5, 0.6) is 11.5 Å². The zero-order valence-electron chi connectivity index (χ0n) is 15.0. The summed E-state index contributed by atoms with van der Waals surface area (Å²) in [6.07, 6.45) is 0. The van der Waals surface area contributed by atoms with Crippen LogP contribution in [-0.2, 0) is 0 Å². The topological polar surface area (TPSA) is 67.9 Å². The summed E-state index contributed by atoms with van der Waals surface area (Å²) in [7, 11) is 0. The zero-order valence-corrected chi connectivity index (χ0v) is 15.0. The number of carbonyl (C=O) groups excluding carboxylic acids is 2. The number of ether oxygens (including phenoxy) is 2. The molecular weight excluding hydrogens is 332 g/mol. The Bertz CT molecular complexity index is 798. The molecule has 2 aromatic carbocycles. The van der Waals surface area contributed by atoms with Crippen LogP contribution in [0.1, 0.15) is 34.6 Å². The van der Waals surface area contributed by atoms with Gasteiger partial charge in [-0.05, 0) is 56.3 Å². The Hall–Kier alpha value is -3.02. The third-order valence-corrected chi connectivity index (χ3v) is 4.24. The van der Waals surface area contributed by atoms with Crippen molar-refractivity contribution in [2.45, 2.75) is 13.8 Å². The number of amides is 2. The maximum atomic E-state index is 12.4. The fraction of sp³-hybridized carbons (Fsp3) is 0.300. The van der Waals surface area contributed by atoms with Crippen LogP contribution in [0, 0.1) is 0 Å². The first-order chi connectivity index (χ1) is 12.6. The van der Waals surface area contributed by atoms with E-state index in [2.05, 4.69) is 5.32 Å².